The summed E-state index contributed by atoms with van der Waals surface area (Å²) in [5, 5.41) is 11.0. The molecule has 0 spiro atoms. The van der Waals surface area contributed by atoms with Crippen molar-refractivity contribution in [3.63, 3.8) is 0 Å². The van der Waals surface area contributed by atoms with Gasteiger partial charge in [-0.15, -0.1) is 0 Å². The lowest BCUT2D eigenvalue weighted by Gasteiger charge is -2.30. The van der Waals surface area contributed by atoms with Crippen LogP contribution in [0.1, 0.15) is 59.4 Å². The lowest BCUT2D eigenvalue weighted by atomic mass is 9.76. The van der Waals surface area contributed by atoms with Crippen molar-refractivity contribution < 1.29 is 9.90 Å². The molecule has 1 atom stereocenters. The number of hydrogen-bond donors (Lipinski definition) is 1. The summed E-state index contributed by atoms with van der Waals surface area (Å²) >= 11 is 0. The SMILES string of the molecule is CCCC/C=C(\C(=O)C(C)(C)C)C(C)(O)c1ccccc1. The highest BCUT2D eigenvalue weighted by Crippen LogP contribution is 2.34. The molecule has 0 saturated carbocycles. The first kappa shape index (κ1) is 17.6. The zero-order valence-electron chi connectivity index (χ0n) is 13.9. The molecule has 0 aromatic heterocycles. The van der Waals surface area contributed by atoms with Crippen LogP contribution >= 0.6 is 0 Å². The minimum absolute atomic E-state index is 0.00690. The first-order chi connectivity index (χ1) is 9.71. The molecule has 21 heavy (non-hydrogen) atoms. The van der Waals surface area contributed by atoms with E-state index in [4.69, 9.17) is 0 Å². The topological polar surface area (TPSA) is 37.3 Å². The third-order valence-electron chi connectivity index (χ3n) is 3.69. The first-order valence-corrected chi connectivity index (χ1v) is 7.74. The number of aliphatic hydroxyl groups is 1. The Morgan fingerprint density at radius 1 is 1.14 bits per heavy atom. The Morgan fingerprint density at radius 2 is 1.71 bits per heavy atom. The Kier molecular flexibility index (Phi) is 5.91. The van der Waals surface area contributed by atoms with Crippen molar-refractivity contribution in [1.29, 1.82) is 0 Å². The second-order valence-corrected chi connectivity index (χ2v) is 6.78. The van der Waals surface area contributed by atoms with Crippen molar-refractivity contribution in [2.45, 2.75) is 59.5 Å². The Balaban J connectivity index is 3.23. The molecule has 0 fully saturated rings. The molecule has 0 radical (unpaired) electrons. The van der Waals surface area contributed by atoms with Crippen LogP contribution in [0.15, 0.2) is 42.0 Å². The maximum absolute atomic E-state index is 12.8. The van der Waals surface area contributed by atoms with Crippen LogP contribution in [0.5, 0.6) is 0 Å². The molecule has 0 amide bonds. The summed E-state index contributed by atoms with van der Waals surface area (Å²) in [6.07, 6.45) is 4.83. The zero-order valence-corrected chi connectivity index (χ0v) is 13.9. The molecule has 1 aromatic rings. The standard InChI is InChI=1S/C19H28O2/c1-6-7-9-14-16(17(20)18(2,3)4)19(5,21)15-12-10-8-11-13-15/h8,10-14,21H,6-7,9H2,1-5H3/b16-14+. The number of allylic oxidation sites excluding steroid dienone is 1. The Labute approximate surface area is 128 Å². The van der Waals surface area contributed by atoms with Crippen LogP contribution in [0.25, 0.3) is 0 Å². The molecular weight excluding hydrogens is 260 g/mol. The van der Waals surface area contributed by atoms with Gasteiger partial charge in [-0.25, -0.2) is 0 Å². The van der Waals surface area contributed by atoms with Gasteiger partial charge in [-0.3, -0.25) is 4.79 Å². The molecular formula is C19H28O2. The average molecular weight is 288 g/mol. The van der Waals surface area contributed by atoms with Gasteiger partial charge in [-0.1, -0.05) is 76.9 Å². The van der Waals surface area contributed by atoms with Crippen LogP contribution in [0.2, 0.25) is 0 Å². The molecule has 1 unspecified atom stereocenters. The number of carbonyl (C=O) groups excluding carboxylic acids is 1. The number of carbonyl (C=O) groups is 1. The normalized spacial score (nSPS) is 15.6. The summed E-state index contributed by atoms with van der Waals surface area (Å²) in [5.74, 6) is 0.00690. The molecule has 0 bridgehead atoms. The number of ketones is 1. The van der Waals surface area contributed by atoms with Crippen molar-refractivity contribution in [3.05, 3.63) is 47.5 Å². The van der Waals surface area contributed by atoms with Crippen LogP contribution in [0.4, 0.5) is 0 Å². The second-order valence-electron chi connectivity index (χ2n) is 6.78. The molecule has 1 N–H and O–H groups in total. The number of unbranched alkanes of at least 4 members (excludes halogenated alkanes) is 2. The van der Waals surface area contributed by atoms with Crippen molar-refractivity contribution in [1.82, 2.24) is 0 Å². The van der Waals surface area contributed by atoms with Gasteiger partial charge in [0.25, 0.3) is 0 Å². The van der Waals surface area contributed by atoms with Gasteiger partial charge >= 0.3 is 0 Å². The van der Waals surface area contributed by atoms with E-state index < -0.39 is 11.0 Å². The van der Waals surface area contributed by atoms with E-state index in [-0.39, 0.29) is 5.78 Å². The van der Waals surface area contributed by atoms with E-state index in [2.05, 4.69) is 6.92 Å². The van der Waals surface area contributed by atoms with Crippen LogP contribution < -0.4 is 0 Å². The van der Waals surface area contributed by atoms with E-state index in [0.717, 1.165) is 24.8 Å². The quantitative estimate of drug-likeness (QED) is 0.612. The Morgan fingerprint density at radius 3 is 2.19 bits per heavy atom. The molecule has 116 valence electrons. The highest BCUT2D eigenvalue weighted by molar-refractivity contribution is 6.00. The van der Waals surface area contributed by atoms with Crippen LogP contribution in [0, 0.1) is 5.41 Å². The van der Waals surface area contributed by atoms with Crippen molar-refractivity contribution in [2.75, 3.05) is 0 Å². The molecule has 1 aromatic carbocycles. The zero-order chi connectivity index (χ0) is 16.1. The second kappa shape index (κ2) is 7.04. The number of Topliss-reactive ketones (excluding diaryl/α,β-unsaturated/α-hetero) is 1. The summed E-state index contributed by atoms with van der Waals surface area (Å²) in [6.45, 7) is 9.51. The van der Waals surface area contributed by atoms with E-state index in [9.17, 15) is 9.90 Å². The summed E-state index contributed by atoms with van der Waals surface area (Å²) < 4.78 is 0. The summed E-state index contributed by atoms with van der Waals surface area (Å²) in [4.78, 5) is 12.8. The van der Waals surface area contributed by atoms with E-state index in [1.165, 1.54) is 0 Å². The van der Waals surface area contributed by atoms with Gasteiger partial charge in [0.15, 0.2) is 5.78 Å². The Bertz CT molecular complexity index is 490. The molecule has 0 aliphatic heterocycles. The third kappa shape index (κ3) is 4.53. The number of hydrogen-bond acceptors (Lipinski definition) is 2. The van der Waals surface area contributed by atoms with Gasteiger partial charge in [-0.2, -0.15) is 0 Å². The summed E-state index contributed by atoms with van der Waals surface area (Å²) in [7, 11) is 0. The van der Waals surface area contributed by atoms with E-state index in [0.29, 0.717) is 5.57 Å². The van der Waals surface area contributed by atoms with Gasteiger partial charge in [-0.05, 0) is 18.9 Å². The fraction of sp³-hybridized carbons (Fsp3) is 0.526. The molecule has 0 heterocycles. The molecule has 0 saturated heterocycles. The minimum Gasteiger partial charge on any atom is -0.381 e. The van der Waals surface area contributed by atoms with Crippen LogP contribution in [-0.4, -0.2) is 10.9 Å². The predicted molar refractivity (Wildman–Crippen MR) is 88.1 cm³/mol. The van der Waals surface area contributed by atoms with Crippen LogP contribution in [0.3, 0.4) is 0 Å². The monoisotopic (exact) mass is 288 g/mol. The molecule has 2 heteroatoms. The molecule has 0 aliphatic rings. The maximum atomic E-state index is 12.8. The van der Waals surface area contributed by atoms with Gasteiger partial charge in [0.2, 0.25) is 0 Å². The molecule has 1 rings (SSSR count). The Hall–Kier alpha value is -1.41. The fourth-order valence-corrected chi connectivity index (χ4v) is 2.29. The van der Waals surface area contributed by atoms with E-state index >= 15 is 0 Å². The molecule has 0 aliphatic carbocycles. The minimum atomic E-state index is -1.25. The van der Waals surface area contributed by atoms with Crippen LogP contribution in [-0.2, 0) is 10.4 Å². The first-order valence-electron chi connectivity index (χ1n) is 7.74. The maximum Gasteiger partial charge on any atom is 0.167 e. The fourth-order valence-electron chi connectivity index (χ4n) is 2.29. The third-order valence-corrected chi connectivity index (χ3v) is 3.69. The summed E-state index contributed by atoms with van der Waals surface area (Å²) in [6, 6.07) is 9.41. The summed E-state index contributed by atoms with van der Waals surface area (Å²) in [5.41, 5.74) is -0.490. The predicted octanol–water partition coefficient (Wildman–Crippen LogP) is 4.63. The van der Waals surface area contributed by atoms with Gasteiger partial charge in [0, 0.05) is 11.0 Å². The van der Waals surface area contributed by atoms with Crippen molar-refractivity contribution in [2.24, 2.45) is 5.41 Å². The van der Waals surface area contributed by atoms with E-state index in [1.807, 2.05) is 57.2 Å². The smallest absolute Gasteiger partial charge is 0.167 e. The van der Waals surface area contributed by atoms with E-state index in [1.54, 1.807) is 6.92 Å². The van der Waals surface area contributed by atoms with Gasteiger partial charge in [0.1, 0.15) is 5.60 Å². The highest BCUT2D eigenvalue weighted by Gasteiger charge is 2.37. The molecule has 2 nitrogen and oxygen atoms in total. The lowest BCUT2D eigenvalue weighted by molar-refractivity contribution is -0.124. The van der Waals surface area contributed by atoms with Gasteiger partial charge < -0.3 is 5.11 Å². The van der Waals surface area contributed by atoms with Crippen molar-refractivity contribution >= 4 is 5.78 Å². The largest absolute Gasteiger partial charge is 0.381 e. The number of rotatable bonds is 6. The lowest BCUT2D eigenvalue weighted by Crippen LogP contribution is -2.34. The number of benzene rings is 1. The highest BCUT2D eigenvalue weighted by atomic mass is 16.3. The van der Waals surface area contributed by atoms with Crippen molar-refractivity contribution in [3.8, 4) is 0 Å². The van der Waals surface area contributed by atoms with Gasteiger partial charge in [0.05, 0.1) is 0 Å². The average Bonchev–Trinajstić information content (AvgIpc) is 2.43.